The van der Waals surface area contributed by atoms with Gasteiger partial charge in [0, 0.05) is 22.1 Å². The standard InChI is InChI=1S/C40H27NO/c1-2-10-28(11-3-1)31-14-8-15-32(26-31)30-20-23-34(24-21-30)41(35-25-22-29-12-4-5-13-33(29)27-35)38-18-9-17-37-36-16-6-7-19-39(36)42-40(37)38/h1-27H. The van der Waals surface area contributed by atoms with E-state index >= 15 is 0 Å². The molecule has 0 aliphatic rings. The van der Waals surface area contributed by atoms with Crippen LogP contribution >= 0.6 is 0 Å². The molecule has 0 spiro atoms. The van der Waals surface area contributed by atoms with Crippen molar-refractivity contribution in [2.75, 3.05) is 4.90 Å². The molecule has 0 aliphatic carbocycles. The third-order valence-electron chi connectivity index (χ3n) is 8.04. The lowest BCUT2D eigenvalue weighted by atomic mass is 9.99. The lowest BCUT2D eigenvalue weighted by Crippen LogP contribution is -2.10. The highest BCUT2D eigenvalue weighted by atomic mass is 16.3. The third-order valence-corrected chi connectivity index (χ3v) is 8.04. The van der Waals surface area contributed by atoms with Gasteiger partial charge in [-0.15, -0.1) is 0 Å². The number of para-hydroxylation sites is 2. The largest absolute Gasteiger partial charge is 0.454 e. The summed E-state index contributed by atoms with van der Waals surface area (Å²) in [6, 6.07) is 57.9. The first-order chi connectivity index (χ1) is 20.8. The van der Waals surface area contributed by atoms with Gasteiger partial charge in [-0.1, -0.05) is 121 Å². The second-order valence-corrected chi connectivity index (χ2v) is 10.6. The second kappa shape index (κ2) is 10.1. The molecule has 0 unspecified atom stereocenters. The van der Waals surface area contributed by atoms with Crippen LogP contribution < -0.4 is 4.90 Å². The van der Waals surface area contributed by atoms with Crippen molar-refractivity contribution in [1.29, 1.82) is 0 Å². The molecule has 0 saturated heterocycles. The average molecular weight is 538 g/mol. The molecule has 0 N–H and O–H groups in total. The van der Waals surface area contributed by atoms with E-state index in [2.05, 4.69) is 157 Å². The molecule has 8 rings (SSSR count). The SMILES string of the molecule is c1ccc(-c2cccc(-c3ccc(N(c4ccc5ccccc5c4)c4cccc5c4oc4ccccc45)cc3)c2)cc1. The Bertz CT molecular complexity index is 2190. The molecule has 2 nitrogen and oxygen atoms in total. The van der Waals surface area contributed by atoms with E-state index in [1.165, 1.54) is 33.0 Å². The van der Waals surface area contributed by atoms with Crippen LogP contribution in [-0.2, 0) is 0 Å². The van der Waals surface area contributed by atoms with E-state index in [1.54, 1.807) is 0 Å². The molecule has 8 aromatic rings. The van der Waals surface area contributed by atoms with Crippen molar-refractivity contribution in [3.8, 4) is 22.3 Å². The fraction of sp³-hybridized carbons (Fsp3) is 0. The van der Waals surface area contributed by atoms with Crippen molar-refractivity contribution in [3.63, 3.8) is 0 Å². The molecule has 42 heavy (non-hydrogen) atoms. The van der Waals surface area contributed by atoms with Gasteiger partial charge >= 0.3 is 0 Å². The van der Waals surface area contributed by atoms with Crippen molar-refractivity contribution in [3.05, 3.63) is 164 Å². The minimum atomic E-state index is 0.881. The van der Waals surface area contributed by atoms with Gasteiger partial charge in [0.1, 0.15) is 5.58 Å². The second-order valence-electron chi connectivity index (χ2n) is 10.6. The summed E-state index contributed by atoms with van der Waals surface area (Å²) < 4.78 is 6.50. The van der Waals surface area contributed by atoms with Crippen LogP contribution in [0.25, 0.3) is 55.0 Å². The molecule has 0 radical (unpaired) electrons. The number of nitrogens with zero attached hydrogens (tertiary/aromatic N) is 1. The summed E-state index contributed by atoms with van der Waals surface area (Å²) in [5.41, 5.74) is 9.75. The zero-order valence-corrected chi connectivity index (χ0v) is 22.9. The molecule has 2 heteroatoms. The van der Waals surface area contributed by atoms with Crippen molar-refractivity contribution >= 4 is 49.8 Å². The van der Waals surface area contributed by atoms with Gasteiger partial charge in [-0.2, -0.15) is 0 Å². The Balaban J connectivity index is 1.27. The van der Waals surface area contributed by atoms with Gasteiger partial charge in [0.05, 0.1) is 5.69 Å². The van der Waals surface area contributed by atoms with Gasteiger partial charge in [0.15, 0.2) is 5.58 Å². The van der Waals surface area contributed by atoms with Crippen LogP contribution in [0.5, 0.6) is 0 Å². The van der Waals surface area contributed by atoms with Gasteiger partial charge in [0.2, 0.25) is 0 Å². The maximum atomic E-state index is 6.50. The highest BCUT2D eigenvalue weighted by Gasteiger charge is 2.19. The van der Waals surface area contributed by atoms with Crippen molar-refractivity contribution in [2.24, 2.45) is 0 Å². The Morgan fingerprint density at radius 1 is 0.381 bits per heavy atom. The number of fused-ring (bicyclic) bond motifs is 4. The van der Waals surface area contributed by atoms with Gasteiger partial charge in [-0.3, -0.25) is 0 Å². The molecule has 0 aliphatic heterocycles. The molecule has 0 fully saturated rings. The maximum Gasteiger partial charge on any atom is 0.159 e. The molecule has 198 valence electrons. The van der Waals surface area contributed by atoms with Crippen LogP contribution in [0.15, 0.2) is 168 Å². The average Bonchev–Trinajstić information content (AvgIpc) is 3.45. The third kappa shape index (κ3) is 4.22. The van der Waals surface area contributed by atoms with Crippen molar-refractivity contribution < 1.29 is 4.42 Å². The molecule has 7 aromatic carbocycles. The maximum absolute atomic E-state index is 6.50. The highest BCUT2D eigenvalue weighted by molar-refractivity contribution is 6.10. The molecular formula is C40H27NO. The quantitative estimate of drug-likeness (QED) is 0.217. The number of hydrogen-bond acceptors (Lipinski definition) is 2. The fourth-order valence-corrected chi connectivity index (χ4v) is 5.96. The Morgan fingerprint density at radius 2 is 1.00 bits per heavy atom. The van der Waals surface area contributed by atoms with Crippen LogP contribution in [-0.4, -0.2) is 0 Å². The number of rotatable bonds is 5. The Kier molecular flexibility index (Phi) is 5.82. The van der Waals surface area contributed by atoms with Crippen LogP contribution in [0.3, 0.4) is 0 Å². The van der Waals surface area contributed by atoms with Gasteiger partial charge < -0.3 is 9.32 Å². The Morgan fingerprint density at radius 3 is 1.83 bits per heavy atom. The van der Waals surface area contributed by atoms with E-state index in [0.717, 1.165) is 39.0 Å². The van der Waals surface area contributed by atoms with Crippen molar-refractivity contribution in [1.82, 2.24) is 0 Å². The van der Waals surface area contributed by atoms with E-state index in [0.29, 0.717) is 0 Å². The van der Waals surface area contributed by atoms with Crippen LogP contribution in [0.4, 0.5) is 17.1 Å². The first kappa shape index (κ1) is 24.2. The number of furan rings is 1. The highest BCUT2D eigenvalue weighted by Crippen LogP contribution is 2.43. The minimum Gasteiger partial charge on any atom is -0.454 e. The smallest absolute Gasteiger partial charge is 0.159 e. The monoisotopic (exact) mass is 537 g/mol. The van der Waals surface area contributed by atoms with E-state index in [4.69, 9.17) is 4.42 Å². The predicted octanol–water partition coefficient (Wildman–Crippen LogP) is 11.5. The molecule has 0 atom stereocenters. The van der Waals surface area contributed by atoms with E-state index in [-0.39, 0.29) is 0 Å². The number of benzene rings is 7. The summed E-state index contributed by atoms with van der Waals surface area (Å²) in [5, 5.41) is 4.66. The normalized spacial score (nSPS) is 11.3. The number of anilines is 3. The summed E-state index contributed by atoms with van der Waals surface area (Å²) in [7, 11) is 0. The van der Waals surface area contributed by atoms with Crippen LogP contribution in [0.1, 0.15) is 0 Å². The van der Waals surface area contributed by atoms with Gasteiger partial charge in [0.25, 0.3) is 0 Å². The summed E-state index contributed by atoms with van der Waals surface area (Å²) in [4.78, 5) is 2.31. The zero-order chi connectivity index (χ0) is 27.9. The van der Waals surface area contributed by atoms with E-state index < -0.39 is 0 Å². The summed E-state index contributed by atoms with van der Waals surface area (Å²) in [5.74, 6) is 0. The Labute approximate surface area is 244 Å². The zero-order valence-electron chi connectivity index (χ0n) is 22.9. The van der Waals surface area contributed by atoms with Gasteiger partial charge in [-0.25, -0.2) is 0 Å². The minimum absolute atomic E-state index is 0.881. The Hall–Kier alpha value is -5.60. The lowest BCUT2D eigenvalue weighted by molar-refractivity contribution is 0.669. The molecular weight excluding hydrogens is 510 g/mol. The van der Waals surface area contributed by atoms with Crippen molar-refractivity contribution in [2.45, 2.75) is 0 Å². The van der Waals surface area contributed by atoms with E-state index in [1.807, 2.05) is 12.1 Å². The summed E-state index contributed by atoms with van der Waals surface area (Å²) in [6.07, 6.45) is 0. The molecule has 0 amide bonds. The molecule has 1 heterocycles. The molecule has 0 bridgehead atoms. The summed E-state index contributed by atoms with van der Waals surface area (Å²) in [6.45, 7) is 0. The van der Waals surface area contributed by atoms with Gasteiger partial charge in [-0.05, 0) is 75.5 Å². The molecule has 0 saturated carbocycles. The first-order valence-electron chi connectivity index (χ1n) is 14.3. The summed E-state index contributed by atoms with van der Waals surface area (Å²) >= 11 is 0. The predicted molar refractivity (Wildman–Crippen MR) is 177 cm³/mol. The van der Waals surface area contributed by atoms with Crippen LogP contribution in [0.2, 0.25) is 0 Å². The molecule has 1 aromatic heterocycles. The first-order valence-corrected chi connectivity index (χ1v) is 14.3. The topological polar surface area (TPSA) is 16.4 Å². The van der Waals surface area contributed by atoms with E-state index in [9.17, 15) is 0 Å². The fourth-order valence-electron chi connectivity index (χ4n) is 5.96. The lowest BCUT2D eigenvalue weighted by Gasteiger charge is -2.26. The van der Waals surface area contributed by atoms with Crippen LogP contribution in [0, 0.1) is 0 Å². The number of hydrogen-bond donors (Lipinski definition) is 0.